The average molecular weight is 371 g/mol. The fourth-order valence-electron chi connectivity index (χ4n) is 3.64. The maximum atomic E-state index is 13.1. The summed E-state index contributed by atoms with van der Waals surface area (Å²) < 4.78 is 1.71. The van der Waals surface area contributed by atoms with Crippen molar-refractivity contribution in [3.05, 3.63) is 51.1 Å². The molecule has 0 unspecified atom stereocenters. The number of aromatic nitrogens is 1. The molecule has 0 saturated heterocycles. The molecular formula is C20H19ClN2O3. The number of carbonyl (C=O) groups is 1. The molecule has 26 heavy (non-hydrogen) atoms. The standard InChI is InChI=1S/C20H19ClN2O3/c1-22(2)19-15(21)8-7-14-18(19)23(10-17(24)25)16-9-12(11-3-4-11)5-6-13(16)20(14)26/h5-9,11H,3-4,10H2,1-2H3,(H,24,25). The highest BCUT2D eigenvalue weighted by atomic mass is 35.5. The van der Waals surface area contributed by atoms with Crippen LogP contribution in [0, 0.1) is 0 Å². The summed E-state index contributed by atoms with van der Waals surface area (Å²) in [4.78, 5) is 26.5. The van der Waals surface area contributed by atoms with Crippen LogP contribution in [0.2, 0.25) is 5.02 Å². The van der Waals surface area contributed by atoms with Crippen molar-refractivity contribution in [2.75, 3.05) is 19.0 Å². The van der Waals surface area contributed by atoms with Gasteiger partial charge in [-0.25, -0.2) is 0 Å². The van der Waals surface area contributed by atoms with Crippen LogP contribution in [0.1, 0.15) is 24.3 Å². The number of rotatable bonds is 4. The molecule has 0 radical (unpaired) electrons. The van der Waals surface area contributed by atoms with Crippen LogP contribution in [0.4, 0.5) is 5.69 Å². The average Bonchev–Trinajstić information content (AvgIpc) is 3.42. The fourth-order valence-corrected chi connectivity index (χ4v) is 3.96. The molecule has 1 fully saturated rings. The van der Waals surface area contributed by atoms with Gasteiger partial charge in [-0.1, -0.05) is 17.7 Å². The Labute approximate surface area is 155 Å². The summed E-state index contributed by atoms with van der Waals surface area (Å²) >= 11 is 6.40. The van der Waals surface area contributed by atoms with Crippen molar-refractivity contribution < 1.29 is 9.90 Å². The monoisotopic (exact) mass is 370 g/mol. The second-order valence-electron chi connectivity index (χ2n) is 7.05. The number of carboxylic acid groups (broad SMARTS) is 1. The molecule has 4 rings (SSSR count). The van der Waals surface area contributed by atoms with Gasteiger partial charge in [0.15, 0.2) is 5.43 Å². The van der Waals surface area contributed by atoms with E-state index in [1.807, 2.05) is 37.2 Å². The van der Waals surface area contributed by atoms with Crippen molar-refractivity contribution >= 4 is 45.1 Å². The molecule has 2 aromatic carbocycles. The van der Waals surface area contributed by atoms with Crippen molar-refractivity contribution in [3.8, 4) is 0 Å². The lowest BCUT2D eigenvalue weighted by Crippen LogP contribution is -2.19. The highest BCUT2D eigenvalue weighted by Crippen LogP contribution is 2.41. The van der Waals surface area contributed by atoms with Gasteiger partial charge in [-0.05, 0) is 48.6 Å². The third-order valence-electron chi connectivity index (χ3n) is 4.96. The smallest absolute Gasteiger partial charge is 0.323 e. The van der Waals surface area contributed by atoms with Crippen LogP contribution in [0.5, 0.6) is 0 Å². The Morgan fingerprint density at radius 3 is 2.54 bits per heavy atom. The van der Waals surface area contributed by atoms with Gasteiger partial charge in [0, 0.05) is 24.9 Å². The van der Waals surface area contributed by atoms with E-state index in [1.165, 1.54) is 0 Å². The van der Waals surface area contributed by atoms with Crippen LogP contribution >= 0.6 is 11.6 Å². The lowest BCUT2D eigenvalue weighted by molar-refractivity contribution is -0.137. The molecule has 1 N–H and O–H groups in total. The van der Waals surface area contributed by atoms with E-state index in [0.717, 1.165) is 18.4 Å². The zero-order valence-electron chi connectivity index (χ0n) is 14.6. The number of halogens is 1. The van der Waals surface area contributed by atoms with Gasteiger partial charge in [0.25, 0.3) is 0 Å². The molecule has 6 heteroatoms. The van der Waals surface area contributed by atoms with Gasteiger partial charge in [0.05, 0.1) is 21.7 Å². The molecule has 0 bridgehead atoms. The summed E-state index contributed by atoms with van der Waals surface area (Å²) in [7, 11) is 3.67. The van der Waals surface area contributed by atoms with Crippen LogP contribution in [0.25, 0.3) is 21.8 Å². The topological polar surface area (TPSA) is 62.5 Å². The minimum atomic E-state index is -0.960. The van der Waals surface area contributed by atoms with Crippen molar-refractivity contribution in [2.45, 2.75) is 25.3 Å². The first-order valence-electron chi connectivity index (χ1n) is 8.56. The molecule has 134 valence electrons. The number of pyridine rings is 1. The second kappa shape index (κ2) is 6.02. The number of fused-ring (bicyclic) bond motifs is 2. The van der Waals surface area contributed by atoms with Gasteiger partial charge in [-0.15, -0.1) is 0 Å². The molecule has 1 aliphatic carbocycles. The quantitative estimate of drug-likeness (QED) is 0.709. The van der Waals surface area contributed by atoms with Gasteiger partial charge in [0.2, 0.25) is 0 Å². The van der Waals surface area contributed by atoms with Gasteiger partial charge in [-0.3, -0.25) is 9.59 Å². The minimum Gasteiger partial charge on any atom is -0.480 e. The SMILES string of the molecule is CN(C)c1c(Cl)ccc2c(=O)c3ccc(C4CC4)cc3n(CC(=O)O)c12. The summed E-state index contributed by atoms with van der Waals surface area (Å²) in [5, 5.41) is 11.0. The highest BCUT2D eigenvalue weighted by Gasteiger charge is 2.25. The van der Waals surface area contributed by atoms with E-state index in [0.29, 0.717) is 38.4 Å². The molecule has 0 atom stereocenters. The second-order valence-corrected chi connectivity index (χ2v) is 7.45. The van der Waals surface area contributed by atoms with E-state index in [-0.39, 0.29) is 12.0 Å². The Bertz CT molecular complexity index is 1110. The van der Waals surface area contributed by atoms with Gasteiger partial charge >= 0.3 is 5.97 Å². The molecule has 3 aromatic rings. The molecule has 5 nitrogen and oxygen atoms in total. The third kappa shape index (κ3) is 2.63. The summed E-state index contributed by atoms with van der Waals surface area (Å²) in [6.07, 6.45) is 2.27. The van der Waals surface area contributed by atoms with Crippen molar-refractivity contribution in [3.63, 3.8) is 0 Å². The zero-order valence-corrected chi connectivity index (χ0v) is 15.4. The van der Waals surface area contributed by atoms with Crippen LogP contribution in [0.3, 0.4) is 0 Å². The molecule has 1 saturated carbocycles. The molecule has 0 aliphatic heterocycles. The predicted molar refractivity (Wildman–Crippen MR) is 105 cm³/mol. The van der Waals surface area contributed by atoms with Crippen LogP contribution in [-0.4, -0.2) is 29.7 Å². The highest BCUT2D eigenvalue weighted by molar-refractivity contribution is 6.35. The predicted octanol–water partition coefficient (Wildman–Crippen LogP) is 3.84. The molecule has 1 aromatic heterocycles. The maximum absolute atomic E-state index is 13.1. The number of hydrogen-bond acceptors (Lipinski definition) is 3. The lowest BCUT2D eigenvalue weighted by atomic mass is 10.0. The zero-order chi connectivity index (χ0) is 18.6. The number of hydrogen-bond donors (Lipinski definition) is 1. The number of aliphatic carboxylic acids is 1. The van der Waals surface area contributed by atoms with E-state index in [1.54, 1.807) is 16.7 Å². The largest absolute Gasteiger partial charge is 0.480 e. The number of benzene rings is 2. The van der Waals surface area contributed by atoms with Gasteiger partial charge in [0.1, 0.15) is 6.54 Å². The van der Waals surface area contributed by atoms with Crippen LogP contribution in [-0.2, 0) is 11.3 Å². The summed E-state index contributed by atoms with van der Waals surface area (Å²) in [6, 6.07) is 9.15. The van der Waals surface area contributed by atoms with Crippen molar-refractivity contribution in [1.82, 2.24) is 4.57 Å². The Morgan fingerprint density at radius 1 is 1.23 bits per heavy atom. The van der Waals surface area contributed by atoms with Crippen molar-refractivity contribution in [2.24, 2.45) is 0 Å². The molecule has 1 aliphatic rings. The minimum absolute atomic E-state index is 0.0984. The lowest BCUT2D eigenvalue weighted by Gasteiger charge is -2.22. The maximum Gasteiger partial charge on any atom is 0.323 e. The van der Waals surface area contributed by atoms with E-state index in [4.69, 9.17) is 11.6 Å². The Balaban J connectivity index is 2.21. The third-order valence-corrected chi connectivity index (χ3v) is 5.27. The van der Waals surface area contributed by atoms with E-state index in [9.17, 15) is 14.7 Å². The number of anilines is 1. The normalized spacial score (nSPS) is 14.1. The van der Waals surface area contributed by atoms with E-state index >= 15 is 0 Å². The first-order valence-corrected chi connectivity index (χ1v) is 8.94. The summed E-state index contributed by atoms with van der Waals surface area (Å²) in [6.45, 7) is -0.234. The molecule has 0 spiro atoms. The fraction of sp³-hybridized carbons (Fsp3) is 0.300. The van der Waals surface area contributed by atoms with Gasteiger partial charge < -0.3 is 14.6 Å². The summed E-state index contributed by atoms with van der Waals surface area (Å²) in [5.74, 6) is -0.450. The Morgan fingerprint density at radius 2 is 1.92 bits per heavy atom. The Hall–Kier alpha value is -2.53. The molecular weight excluding hydrogens is 352 g/mol. The first kappa shape index (κ1) is 16.9. The first-order chi connectivity index (χ1) is 12.4. The number of nitrogens with zero attached hydrogens (tertiary/aromatic N) is 2. The van der Waals surface area contributed by atoms with Crippen molar-refractivity contribution in [1.29, 1.82) is 0 Å². The van der Waals surface area contributed by atoms with Gasteiger partial charge in [-0.2, -0.15) is 0 Å². The number of carboxylic acids is 1. The Kier molecular flexibility index (Phi) is 3.92. The molecule has 1 heterocycles. The van der Waals surface area contributed by atoms with Crippen LogP contribution in [0.15, 0.2) is 35.1 Å². The summed E-state index contributed by atoms with van der Waals surface area (Å²) in [5.41, 5.74) is 2.93. The van der Waals surface area contributed by atoms with Crippen LogP contribution < -0.4 is 10.3 Å². The van der Waals surface area contributed by atoms with E-state index < -0.39 is 5.97 Å². The molecule has 0 amide bonds. The van der Waals surface area contributed by atoms with E-state index in [2.05, 4.69) is 0 Å².